The first kappa shape index (κ1) is 22.2. The molecule has 2 N–H and O–H groups in total. The summed E-state index contributed by atoms with van der Waals surface area (Å²) >= 11 is 3.08. The van der Waals surface area contributed by atoms with Crippen LogP contribution in [0.15, 0.2) is 51.7 Å². The van der Waals surface area contributed by atoms with E-state index in [1.165, 1.54) is 49.6 Å². The SMILES string of the molecule is CSc1nc2ccc(NC(=O)CN(C)S(=O)(=O)c3ccc(NC(C)=O)cc3)cc2s1. The first-order valence-corrected chi connectivity index (χ1v) is 12.3. The Morgan fingerprint density at radius 1 is 1.10 bits per heavy atom. The number of carbonyl (C=O) groups excluding carboxylic acids is 2. The van der Waals surface area contributed by atoms with Crippen LogP contribution in [0.3, 0.4) is 0 Å². The smallest absolute Gasteiger partial charge is 0.243 e. The third-order valence-corrected chi connectivity index (χ3v) is 7.90. The Morgan fingerprint density at radius 3 is 2.40 bits per heavy atom. The van der Waals surface area contributed by atoms with E-state index in [0.717, 1.165) is 18.9 Å². The van der Waals surface area contributed by atoms with E-state index in [4.69, 9.17) is 0 Å². The van der Waals surface area contributed by atoms with Gasteiger partial charge in [0.1, 0.15) is 0 Å². The number of carbonyl (C=O) groups is 2. The van der Waals surface area contributed by atoms with Crippen molar-refractivity contribution in [1.29, 1.82) is 0 Å². The van der Waals surface area contributed by atoms with E-state index in [1.807, 2.05) is 18.4 Å². The first-order chi connectivity index (χ1) is 14.2. The molecule has 1 aromatic heterocycles. The summed E-state index contributed by atoms with van der Waals surface area (Å²) in [5.74, 6) is -0.703. The monoisotopic (exact) mass is 464 g/mol. The molecule has 8 nitrogen and oxygen atoms in total. The summed E-state index contributed by atoms with van der Waals surface area (Å²) < 4.78 is 28.3. The second-order valence-electron chi connectivity index (χ2n) is 6.38. The quantitative estimate of drug-likeness (QED) is 0.520. The summed E-state index contributed by atoms with van der Waals surface area (Å²) in [5.41, 5.74) is 1.92. The van der Waals surface area contributed by atoms with Crippen LogP contribution in [-0.4, -0.2) is 49.4 Å². The number of likely N-dealkylation sites (N-methyl/N-ethyl adjacent to an activating group) is 1. The summed E-state index contributed by atoms with van der Waals surface area (Å²) in [5, 5.41) is 5.30. The van der Waals surface area contributed by atoms with Crippen molar-refractivity contribution < 1.29 is 18.0 Å². The molecular weight excluding hydrogens is 444 g/mol. The molecule has 0 spiro atoms. The maximum Gasteiger partial charge on any atom is 0.243 e. The number of nitrogens with one attached hydrogen (secondary N) is 2. The number of amides is 2. The number of rotatable bonds is 7. The fourth-order valence-corrected chi connectivity index (χ4v) is 5.31. The molecular formula is C19H20N4O4S3. The highest BCUT2D eigenvalue weighted by molar-refractivity contribution is 8.00. The number of thiazole rings is 1. The molecule has 11 heteroatoms. The van der Waals surface area contributed by atoms with Crippen LogP contribution < -0.4 is 10.6 Å². The van der Waals surface area contributed by atoms with E-state index in [9.17, 15) is 18.0 Å². The van der Waals surface area contributed by atoms with E-state index >= 15 is 0 Å². The molecule has 2 amide bonds. The number of sulfonamides is 1. The van der Waals surface area contributed by atoms with Gasteiger partial charge in [0.05, 0.1) is 21.7 Å². The van der Waals surface area contributed by atoms with Crippen molar-refractivity contribution in [2.24, 2.45) is 0 Å². The number of hydrogen-bond acceptors (Lipinski definition) is 7. The number of anilines is 2. The zero-order valence-corrected chi connectivity index (χ0v) is 19.0. The molecule has 3 aromatic rings. The average Bonchev–Trinajstić information content (AvgIpc) is 3.10. The van der Waals surface area contributed by atoms with Gasteiger partial charge in [-0.05, 0) is 48.7 Å². The van der Waals surface area contributed by atoms with E-state index < -0.39 is 15.9 Å². The van der Waals surface area contributed by atoms with Crippen LogP contribution in [0.4, 0.5) is 11.4 Å². The Kier molecular flexibility index (Phi) is 6.76. The third-order valence-electron chi connectivity index (χ3n) is 4.08. The molecule has 1 heterocycles. The van der Waals surface area contributed by atoms with Crippen molar-refractivity contribution in [3.63, 3.8) is 0 Å². The molecule has 0 bridgehead atoms. The summed E-state index contributed by atoms with van der Waals surface area (Å²) in [4.78, 5) is 27.9. The predicted molar refractivity (Wildman–Crippen MR) is 121 cm³/mol. The maximum absolute atomic E-state index is 12.7. The van der Waals surface area contributed by atoms with Crippen LogP contribution >= 0.6 is 23.1 Å². The van der Waals surface area contributed by atoms with Gasteiger partial charge in [-0.25, -0.2) is 13.4 Å². The van der Waals surface area contributed by atoms with Crippen LogP contribution in [0, 0.1) is 0 Å². The third kappa shape index (κ3) is 5.17. The molecule has 0 aliphatic heterocycles. The molecule has 30 heavy (non-hydrogen) atoms. The molecule has 0 unspecified atom stereocenters. The zero-order chi connectivity index (χ0) is 21.9. The van der Waals surface area contributed by atoms with E-state index in [0.29, 0.717) is 11.4 Å². The van der Waals surface area contributed by atoms with Crippen LogP contribution in [0.25, 0.3) is 10.2 Å². The molecule has 0 aliphatic carbocycles. The molecule has 2 aromatic carbocycles. The Morgan fingerprint density at radius 2 is 1.77 bits per heavy atom. The van der Waals surface area contributed by atoms with Gasteiger partial charge in [-0.2, -0.15) is 4.31 Å². The van der Waals surface area contributed by atoms with Gasteiger partial charge < -0.3 is 10.6 Å². The summed E-state index contributed by atoms with van der Waals surface area (Å²) in [6, 6.07) is 11.1. The highest BCUT2D eigenvalue weighted by atomic mass is 32.2. The Labute approximate surface area is 182 Å². The number of hydrogen-bond donors (Lipinski definition) is 2. The molecule has 0 saturated heterocycles. The molecule has 0 atom stereocenters. The molecule has 3 rings (SSSR count). The molecule has 0 saturated carbocycles. The van der Waals surface area contributed by atoms with Gasteiger partial charge in [0, 0.05) is 25.3 Å². The number of thioether (sulfide) groups is 1. The number of benzene rings is 2. The zero-order valence-electron chi connectivity index (χ0n) is 16.5. The number of aromatic nitrogens is 1. The summed E-state index contributed by atoms with van der Waals surface area (Å²) in [6.07, 6.45) is 1.95. The van der Waals surface area contributed by atoms with Gasteiger partial charge in [-0.1, -0.05) is 11.8 Å². The lowest BCUT2D eigenvalue weighted by molar-refractivity contribution is -0.116. The van der Waals surface area contributed by atoms with E-state index in [1.54, 1.807) is 17.8 Å². The molecule has 0 fully saturated rings. The Bertz CT molecular complexity index is 1190. The van der Waals surface area contributed by atoms with Crippen molar-refractivity contribution in [1.82, 2.24) is 9.29 Å². The van der Waals surface area contributed by atoms with Crippen molar-refractivity contribution in [2.45, 2.75) is 16.2 Å². The lowest BCUT2D eigenvalue weighted by Gasteiger charge is -2.17. The molecule has 0 aliphatic rings. The van der Waals surface area contributed by atoms with Crippen molar-refractivity contribution >= 4 is 66.5 Å². The topological polar surface area (TPSA) is 108 Å². The second-order valence-corrected chi connectivity index (χ2v) is 10.5. The number of nitrogens with zero attached hydrogens (tertiary/aromatic N) is 2. The minimum atomic E-state index is -3.86. The minimum absolute atomic E-state index is 0.0302. The Hall–Kier alpha value is -2.47. The largest absolute Gasteiger partial charge is 0.326 e. The fraction of sp³-hybridized carbons (Fsp3) is 0.211. The average molecular weight is 465 g/mol. The number of fused-ring (bicyclic) bond motifs is 1. The summed E-state index contributed by atoms with van der Waals surface area (Å²) in [7, 11) is -2.52. The Balaban J connectivity index is 1.67. The van der Waals surface area contributed by atoms with Crippen molar-refractivity contribution in [3.05, 3.63) is 42.5 Å². The lowest BCUT2D eigenvalue weighted by Crippen LogP contribution is -2.34. The van der Waals surface area contributed by atoms with Crippen LogP contribution in [0.1, 0.15) is 6.92 Å². The fourth-order valence-electron chi connectivity index (χ4n) is 2.65. The van der Waals surface area contributed by atoms with Crippen LogP contribution in [0.2, 0.25) is 0 Å². The van der Waals surface area contributed by atoms with Gasteiger partial charge in [0.25, 0.3) is 0 Å². The van der Waals surface area contributed by atoms with Gasteiger partial charge in [0.15, 0.2) is 4.34 Å². The van der Waals surface area contributed by atoms with Gasteiger partial charge in [-0.15, -0.1) is 11.3 Å². The maximum atomic E-state index is 12.7. The highest BCUT2D eigenvalue weighted by Gasteiger charge is 2.23. The minimum Gasteiger partial charge on any atom is -0.326 e. The van der Waals surface area contributed by atoms with Crippen molar-refractivity contribution in [2.75, 3.05) is 30.5 Å². The van der Waals surface area contributed by atoms with Crippen LogP contribution in [0.5, 0.6) is 0 Å². The predicted octanol–water partition coefficient (Wildman–Crippen LogP) is 3.24. The van der Waals surface area contributed by atoms with Crippen molar-refractivity contribution in [3.8, 4) is 0 Å². The second kappa shape index (κ2) is 9.13. The van der Waals surface area contributed by atoms with E-state index in [-0.39, 0.29) is 17.3 Å². The van der Waals surface area contributed by atoms with Crippen LogP contribution in [-0.2, 0) is 19.6 Å². The van der Waals surface area contributed by atoms with Gasteiger partial charge in [0.2, 0.25) is 21.8 Å². The normalized spacial score (nSPS) is 11.6. The molecule has 0 radical (unpaired) electrons. The van der Waals surface area contributed by atoms with E-state index in [2.05, 4.69) is 15.6 Å². The van der Waals surface area contributed by atoms with Gasteiger partial charge >= 0.3 is 0 Å². The standard InChI is InChI=1S/C19H20N4O4S3/c1-12(24)20-13-4-7-15(8-5-13)30(26,27)23(2)11-18(25)21-14-6-9-16-17(10-14)29-19(22-16)28-3/h4-10H,11H2,1-3H3,(H,20,24)(H,21,25). The highest BCUT2D eigenvalue weighted by Crippen LogP contribution is 2.30. The molecule has 158 valence electrons. The summed E-state index contributed by atoms with van der Waals surface area (Å²) in [6.45, 7) is 1.03. The lowest BCUT2D eigenvalue weighted by atomic mass is 10.3. The first-order valence-electron chi connectivity index (χ1n) is 8.77. The van der Waals surface area contributed by atoms with Gasteiger partial charge in [-0.3, -0.25) is 9.59 Å².